The molecule has 12 heavy (non-hydrogen) atoms. The molecule has 0 aliphatic carbocycles. The fourth-order valence-electron chi connectivity index (χ4n) is 0.678. The smallest absolute Gasteiger partial charge is 0.179 e. The van der Waals surface area contributed by atoms with Crippen molar-refractivity contribution in [3.05, 3.63) is 11.5 Å². The Morgan fingerprint density at radius 1 is 1.58 bits per heavy atom. The van der Waals surface area contributed by atoms with Crippen LogP contribution in [-0.2, 0) is 9.59 Å². The average Bonchev–Trinajstić information content (AvgIpc) is 2.04. The molecule has 0 saturated carbocycles. The number of carbonyl (C=O) groups is 2. The second-order valence-electron chi connectivity index (χ2n) is 2.14. The van der Waals surface area contributed by atoms with Crippen molar-refractivity contribution in [2.75, 3.05) is 13.6 Å². The lowest BCUT2D eigenvalue weighted by Gasteiger charge is -2.08. The van der Waals surface area contributed by atoms with Crippen LogP contribution in [0.2, 0.25) is 0 Å². The van der Waals surface area contributed by atoms with Gasteiger partial charge in [-0.2, -0.15) is 0 Å². The Morgan fingerprint density at radius 2 is 2.17 bits per heavy atom. The molecule has 0 amide bonds. The molecular weight excluding hydrogens is 158 g/mol. The maximum absolute atomic E-state index is 10.9. The molecule has 0 rings (SSSR count). The van der Waals surface area contributed by atoms with E-state index in [-0.39, 0.29) is 23.8 Å². The first-order chi connectivity index (χ1) is 5.63. The molecular formula is C7H13N3O2. The minimum absolute atomic E-state index is 0.0806. The Hall–Kier alpha value is -1.52. The van der Waals surface area contributed by atoms with Crippen molar-refractivity contribution < 1.29 is 9.59 Å². The maximum Gasteiger partial charge on any atom is 0.179 e. The van der Waals surface area contributed by atoms with E-state index in [0.717, 1.165) is 0 Å². The van der Waals surface area contributed by atoms with Gasteiger partial charge in [0, 0.05) is 14.0 Å². The molecule has 5 nitrogen and oxygen atoms in total. The van der Waals surface area contributed by atoms with Gasteiger partial charge in [0.25, 0.3) is 0 Å². The van der Waals surface area contributed by atoms with E-state index in [1.165, 1.54) is 6.92 Å². The zero-order chi connectivity index (χ0) is 9.56. The van der Waals surface area contributed by atoms with Crippen LogP contribution in [0.5, 0.6) is 0 Å². The van der Waals surface area contributed by atoms with E-state index >= 15 is 0 Å². The van der Waals surface area contributed by atoms with E-state index in [9.17, 15) is 9.59 Å². The van der Waals surface area contributed by atoms with Gasteiger partial charge in [-0.3, -0.25) is 4.79 Å². The number of ketones is 1. The van der Waals surface area contributed by atoms with Crippen molar-refractivity contribution in [1.82, 2.24) is 10.6 Å². The van der Waals surface area contributed by atoms with Crippen LogP contribution in [0.15, 0.2) is 11.5 Å². The van der Waals surface area contributed by atoms with Gasteiger partial charge < -0.3 is 21.2 Å². The Kier molecular flexibility index (Phi) is 4.52. The van der Waals surface area contributed by atoms with Crippen LogP contribution < -0.4 is 16.4 Å². The summed E-state index contributed by atoms with van der Waals surface area (Å²) in [6, 6.07) is 0. The van der Waals surface area contributed by atoms with Crippen molar-refractivity contribution in [2.24, 2.45) is 5.73 Å². The highest BCUT2D eigenvalue weighted by molar-refractivity contribution is 5.93. The first kappa shape index (κ1) is 10.5. The lowest BCUT2D eigenvalue weighted by atomic mass is 10.3. The van der Waals surface area contributed by atoms with Crippen molar-refractivity contribution in [1.29, 1.82) is 0 Å². The predicted molar refractivity (Wildman–Crippen MR) is 45.0 cm³/mol. The zero-order valence-corrected chi connectivity index (χ0v) is 7.18. The third-order valence-corrected chi connectivity index (χ3v) is 1.25. The SMILES string of the molecule is CN/C(N)=C(/NCC=O)C(C)=O. The summed E-state index contributed by atoms with van der Waals surface area (Å²) in [7, 11) is 1.60. The van der Waals surface area contributed by atoms with Crippen molar-refractivity contribution in [3.63, 3.8) is 0 Å². The molecule has 4 N–H and O–H groups in total. The highest BCUT2D eigenvalue weighted by Gasteiger charge is 2.06. The van der Waals surface area contributed by atoms with Gasteiger partial charge >= 0.3 is 0 Å². The molecule has 0 aromatic heterocycles. The molecule has 0 radical (unpaired) electrons. The van der Waals surface area contributed by atoms with Gasteiger partial charge in [-0.25, -0.2) is 0 Å². The second-order valence-corrected chi connectivity index (χ2v) is 2.14. The second kappa shape index (κ2) is 5.17. The van der Waals surface area contributed by atoms with E-state index in [1.807, 2.05) is 0 Å². The number of aldehydes is 1. The molecule has 0 fully saturated rings. The molecule has 0 spiro atoms. The highest BCUT2D eigenvalue weighted by Crippen LogP contribution is 1.91. The van der Waals surface area contributed by atoms with Crippen molar-refractivity contribution in [2.45, 2.75) is 6.92 Å². The van der Waals surface area contributed by atoms with E-state index in [4.69, 9.17) is 5.73 Å². The number of Topliss-reactive ketones (excluding diaryl/α,β-unsaturated/α-hetero) is 1. The van der Waals surface area contributed by atoms with Crippen LogP contribution in [0.25, 0.3) is 0 Å². The molecule has 0 heterocycles. The Balaban J connectivity index is 4.42. The summed E-state index contributed by atoms with van der Waals surface area (Å²) in [6.07, 6.45) is 0.659. The van der Waals surface area contributed by atoms with Gasteiger partial charge in [-0.1, -0.05) is 0 Å². The first-order valence-electron chi connectivity index (χ1n) is 3.49. The number of rotatable bonds is 5. The van der Waals surface area contributed by atoms with Crippen molar-refractivity contribution >= 4 is 12.1 Å². The molecule has 0 unspecified atom stereocenters. The molecule has 0 aromatic carbocycles. The van der Waals surface area contributed by atoms with Crippen molar-refractivity contribution in [3.8, 4) is 0 Å². The van der Waals surface area contributed by atoms with Crippen LogP contribution in [-0.4, -0.2) is 25.7 Å². The molecule has 68 valence electrons. The summed E-state index contributed by atoms with van der Waals surface area (Å²) < 4.78 is 0. The summed E-state index contributed by atoms with van der Waals surface area (Å²) in [4.78, 5) is 20.9. The molecule has 5 heteroatoms. The Labute approximate surface area is 71.0 Å². The van der Waals surface area contributed by atoms with E-state index in [0.29, 0.717) is 6.29 Å². The van der Waals surface area contributed by atoms with E-state index in [2.05, 4.69) is 10.6 Å². The van der Waals surface area contributed by atoms with Gasteiger partial charge in [-0.15, -0.1) is 0 Å². The third kappa shape index (κ3) is 3.05. The molecule has 0 aliphatic rings. The van der Waals surface area contributed by atoms with Crippen LogP contribution in [0.3, 0.4) is 0 Å². The molecule has 0 aliphatic heterocycles. The number of hydrogen-bond donors (Lipinski definition) is 3. The quantitative estimate of drug-likeness (QED) is 0.354. The first-order valence-corrected chi connectivity index (χ1v) is 3.49. The zero-order valence-electron chi connectivity index (χ0n) is 7.18. The standard InChI is InChI=1S/C7H13N3O2/c1-5(12)6(7(8)9-2)10-3-4-11/h4,9-10H,3,8H2,1-2H3/b7-6+. The number of nitrogens with two attached hydrogens (primary N) is 1. The van der Waals surface area contributed by atoms with Crippen LogP contribution >= 0.6 is 0 Å². The number of carbonyl (C=O) groups excluding carboxylic acids is 2. The Morgan fingerprint density at radius 3 is 2.50 bits per heavy atom. The fourth-order valence-corrected chi connectivity index (χ4v) is 0.678. The monoisotopic (exact) mass is 171 g/mol. The van der Waals surface area contributed by atoms with Gasteiger partial charge in [0.05, 0.1) is 6.54 Å². The summed E-state index contributed by atoms with van der Waals surface area (Å²) in [6.45, 7) is 1.45. The van der Waals surface area contributed by atoms with Gasteiger partial charge in [0.1, 0.15) is 17.8 Å². The minimum atomic E-state index is -0.205. The fraction of sp³-hybridized carbons (Fsp3) is 0.429. The van der Waals surface area contributed by atoms with Crippen LogP contribution in [0.4, 0.5) is 0 Å². The minimum Gasteiger partial charge on any atom is -0.384 e. The lowest BCUT2D eigenvalue weighted by molar-refractivity contribution is -0.114. The predicted octanol–water partition coefficient (Wildman–Crippen LogP) is -1.29. The van der Waals surface area contributed by atoms with Gasteiger partial charge in [0.2, 0.25) is 0 Å². The number of allylic oxidation sites excluding steroid dienone is 1. The average molecular weight is 171 g/mol. The largest absolute Gasteiger partial charge is 0.384 e. The van der Waals surface area contributed by atoms with Gasteiger partial charge in [0.15, 0.2) is 5.78 Å². The molecule has 0 atom stereocenters. The van der Waals surface area contributed by atoms with E-state index < -0.39 is 0 Å². The molecule has 0 saturated heterocycles. The summed E-state index contributed by atoms with van der Waals surface area (Å²) in [5.74, 6) is 0.0352. The summed E-state index contributed by atoms with van der Waals surface area (Å²) >= 11 is 0. The number of hydrogen-bond acceptors (Lipinski definition) is 5. The Bertz CT molecular complexity index is 211. The summed E-state index contributed by atoms with van der Waals surface area (Å²) in [5.41, 5.74) is 5.67. The normalized spacial score (nSPS) is 11.5. The summed E-state index contributed by atoms with van der Waals surface area (Å²) in [5, 5.41) is 5.21. The van der Waals surface area contributed by atoms with Crippen LogP contribution in [0.1, 0.15) is 6.92 Å². The molecule has 0 aromatic rings. The van der Waals surface area contributed by atoms with E-state index in [1.54, 1.807) is 7.05 Å². The maximum atomic E-state index is 10.9. The third-order valence-electron chi connectivity index (χ3n) is 1.25. The van der Waals surface area contributed by atoms with Gasteiger partial charge in [-0.05, 0) is 0 Å². The lowest BCUT2D eigenvalue weighted by Crippen LogP contribution is -2.29. The van der Waals surface area contributed by atoms with Crippen LogP contribution in [0, 0.1) is 0 Å². The number of nitrogens with one attached hydrogen (secondary N) is 2. The molecule has 0 bridgehead atoms. The highest BCUT2D eigenvalue weighted by atomic mass is 16.1. The topological polar surface area (TPSA) is 84.2 Å².